The molecule has 0 fully saturated rings. The molecule has 0 aliphatic carbocycles. The Labute approximate surface area is 124 Å². The highest BCUT2D eigenvalue weighted by Gasteiger charge is 2.43. The van der Waals surface area contributed by atoms with Crippen molar-refractivity contribution in [1.29, 1.82) is 0 Å². The summed E-state index contributed by atoms with van der Waals surface area (Å²) in [5.41, 5.74) is 2.52. The largest absolute Gasteiger partial charge is 0.481 e. The molecule has 2 aromatic rings. The predicted molar refractivity (Wildman–Crippen MR) is 81.4 cm³/mol. The molecule has 1 aromatic heterocycles. The van der Waals surface area contributed by atoms with Gasteiger partial charge in [-0.15, -0.1) is 0 Å². The number of rotatable bonds is 4. The standard InChI is InChI=1S/C17H21NO3/c1-3-8-17(10-15(19)20)16-13(9-11(2)21-17)12-6-4-5-7-14(12)18-16/h4-7,11,18H,3,8-10H2,1-2H3,(H,19,20). The van der Waals surface area contributed by atoms with E-state index in [2.05, 4.69) is 18.0 Å². The third-order valence-corrected chi connectivity index (χ3v) is 4.28. The molecule has 0 bridgehead atoms. The third-order valence-electron chi connectivity index (χ3n) is 4.28. The lowest BCUT2D eigenvalue weighted by atomic mass is 9.83. The summed E-state index contributed by atoms with van der Waals surface area (Å²) in [5.74, 6) is -0.817. The normalized spacial score (nSPS) is 25.0. The summed E-state index contributed by atoms with van der Waals surface area (Å²) in [7, 11) is 0. The van der Waals surface area contributed by atoms with E-state index in [0.717, 1.165) is 24.1 Å². The van der Waals surface area contributed by atoms with Crippen LogP contribution in [0.4, 0.5) is 0 Å². The van der Waals surface area contributed by atoms with Gasteiger partial charge in [0.1, 0.15) is 5.60 Å². The number of carboxylic acids is 1. The number of carboxylic acid groups (broad SMARTS) is 1. The molecule has 0 saturated heterocycles. The second-order valence-electron chi connectivity index (χ2n) is 5.97. The molecule has 0 radical (unpaired) electrons. The second kappa shape index (κ2) is 5.19. The minimum absolute atomic E-state index is 0.00496. The molecule has 1 aromatic carbocycles. The van der Waals surface area contributed by atoms with Crippen molar-refractivity contribution < 1.29 is 14.6 Å². The highest BCUT2D eigenvalue weighted by molar-refractivity contribution is 5.85. The van der Waals surface area contributed by atoms with Crippen LogP contribution in [0.2, 0.25) is 0 Å². The summed E-state index contributed by atoms with van der Waals surface area (Å²) < 4.78 is 6.17. The molecule has 1 aliphatic rings. The lowest BCUT2D eigenvalue weighted by Gasteiger charge is -2.39. The molecule has 1 aliphatic heterocycles. The van der Waals surface area contributed by atoms with Crippen molar-refractivity contribution in [2.45, 2.75) is 51.2 Å². The van der Waals surface area contributed by atoms with Crippen LogP contribution in [0.3, 0.4) is 0 Å². The van der Waals surface area contributed by atoms with E-state index < -0.39 is 11.6 Å². The molecular formula is C17H21NO3. The number of aromatic amines is 1. The van der Waals surface area contributed by atoms with Crippen LogP contribution in [0, 0.1) is 0 Å². The Bertz CT molecular complexity index is 676. The lowest BCUT2D eigenvalue weighted by Crippen LogP contribution is -2.41. The monoisotopic (exact) mass is 287 g/mol. The fraction of sp³-hybridized carbons (Fsp3) is 0.471. The maximum Gasteiger partial charge on any atom is 0.306 e. The number of aromatic nitrogens is 1. The summed E-state index contributed by atoms with van der Waals surface area (Å²) in [4.78, 5) is 14.8. The van der Waals surface area contributed by atoms with Gasteiger partial charge in [0.2, 0.25) is 0 Å². The first-order valence-corrected chi connectivity index (χ1v) is 7.55. The van der Waals surface area contributed by atoms with E-state index in [1.807, 2.05) is 25.1 Å². The van der Waals surface area contributed by atoms with Crippen molar-refractivity contribution in [3.63, 3.8) is 0 Å². The second-order valence-corrected chi connectivity index (χ2v) is 5.97. The number of hydrogen-bond acceptors (Lipinski definition) is 2. The first-order chi connectivity index (χ1) is 10.1. The lowest BCUT2D eigenvalue weighted by molar-refractivity contribution is -0.156. The van der Waals surface area contributed by atoms with Crippen molar-refractivity contribution in [2.75, 3.05) is 0 Å². The third kappa shape index (κ3) is 2.33. The van der Waals surface area contributed by atoms with Gasteiger partial charge in [0.15, 0.2) is 0 Å². The van der Waals surface area contributed by atoms with E-state index in [0.29, 0.717) is 6.42 Å². The Hall–Kier alpha value is -1.81. The predicted octanol–water partition coefficient (Wildman–Crippen LogP) is 3.60. The molecule has 4 nitrogen and oxygen atoms in total. The molecule has 2 unspecified atom stereocenters. The molecule has 21 heavy (non-hydrogen) atoms. The number of para-hydroxylation sites is 1. The molecular weight excluding hydrogens is 266 g/mol. The van der Waals surface area contributed by atoms with Crippen LogP contribution in [0.1, 0.15) is 44.4 Å². The number of aliphatic carboxylic acids is 1. The SMILES string of the molecule is CCCC1(CC(=O)O)OC(C)Cc2c1[nH]c1ccccc21. The summed E-state index contributed by atoms with van der Waals surface area (Å²) in [5, 5.41) is 10.5. The van der Waals surface area contributed by atoms with E-state index in [1.54, 1.807) is 0 Å². The van der Waals surface area contributed by atoms with Crippen molar-refractivity contribution in [3.05, 3.63) is 35.5 Å². The molecule has 2 heterocycles. The summed E-state index contributed by atoms with van der Waals surface area (Å²) in [6.45, 7) is 4.09. The van der Waals surface area contributed by atoms with Gasteiger partial charge in [-0.05, 0) is 25.0 Å². The zero-order valence-corrected chi connectivity index (χ0v) is 12.5. The fourth-order valence-electron chi connectivity index (χ4n) is 3.62. The van der Waals surface area contributed by atoms with Crippen LogP contribution in [0.5, 0.6) is 0 Å². The van der Waals surface area contributed by atoms with E-state index in [9.17, 15) is 9.90 Å². The fourth-order valence-corrected chi connectivity index (χ4v) is 3.62. The van der Waals surface area contributed by atoms with E-state index in [1.165, 1.54) is 10.9 Å². The highest BCUT2D eigenvalue weighted by atomic mass is 16.5. The number of H-pyrrole nitrogens is 1. The van der Waals surface area contributed by atoms with Gasteiger partial charge in [-0.1, -0.05) is 31.5 Å². The molecule has 0 amide bonds. The van der Waals surface area contributed by atoms with E-state index in [-0.39, 0.29) is 12.5 Å². The van der Waals surface area contributed by atoms with Crippen molar-refractivity contribution in [3.8, 4) is 0 Å². The number of ether oxygens (including phenoxy) is 1. The molecule has 0 saturated carbocycles. The van der Waals surface area contributed by atoms with Crippen LogP contribution >= 0.6 is 0 Å². The van der Waals surface area contributed by atoms with Crippen molar-refractivity contribution >= 4 is 16.9 Å². The molecule has 0 spiro atoms. The molecule has 3 rings (SSSR count). The minimum Gasteiger partial charge on any atom is -0.481 e. The maximum atomic E-state index is 11.4. The molecule has 4 heteroatoms. The number of hydrogen-bond donors (Lipinski definition) is 2. The first-order valence-electron chi connectivity index (χ1n) is 7.55. The Morgan fingerprint density at radius 3 is 2.95 bits per heavy atom. The quantitative estimate of drug-likeness (QED) is 0.903. The van der Waals surface area contributed by atoms with Gasteiger partial charge < -0.3 is 14.8 Å². The first kappa shape index (κ1) is 14.1. The number of benzene rings is 1. The van der Waals surface area contributed by atoms with Crippen LogP contribution < -0.4 is 0 Å². The molecule has 2 atom stereocenters. The molecule has 2 N–H and O–H groups in total. The van der Waals surface area contributed by atoms with Gasteiger partial charge in [-0.3, -0.25) is 4.79 Å². The van der Waals surface area contributed by atoms with Crippen molar-refractivity contribution in [2.24, 2.45) is 0 Å². The van der Waals surface area contributed by atoms with Crippen molar-refractivity contribution in [1.82, 2.24) is 4.98 Å². The smallest absolute Gasteiger partial charge is 0.306 e. The van der Waals surface area contributed by atoms with Gasteiger partial charge in [-0.25, -0.2) is 0 Å². The topological polar surface area (TPSA) is 62.3 Å². The zero-order valence-electron chi connectivity index (χ0n) is 12.5. The number of nitrogens with one attached hydrogen (secondary N) is 1. The van der Waals surface area contributed by atoms with E-state index in [4.69, 9.17) is 4.74 Å². The van der Waals surface area contributed by atoms with Gasteiger partial charge in [-0.2, -0.15) is 0 Å². The Kier molecular flexibility index (Phi) is 3.49. The Balaban J connectivity index is 2.21. The van der Waals surface area contributed by atoms with Crippen LogP contribution in [0.25, 0.3) is 10.9 Å². The maximum absolute atomic E-state index is 11.4. The van der Waals surface area contributed by atoms with E-state index >= 15 is 0 Å². The van der Waals surface area contributed by atoms with Gasteiger partial charge in [0, 0.05) is 17.3 Å². The minimum atomic E-state index is -0.817. The summed E-state index contributed by atoms with van der Waals surface area (Å²) >= 11 is 0. The Morgan fingerprint density at radius 2 is 2.24 bits per heavy atom. The highest BCUT2D eigenvalue weighted by Crippen LogP contribution is 2.44. The zero-order chi connectivity index (χ0) is 15.0. The van der Waals surface area contributed by atoms with Crippen LogP contribution in [0.15, 0.2) is 24.3 Å². The van der Waals surface area contributed by atoms with Gasteiger partial charge in [0.25, 0.3) is 0 Å². The number of carbonyl (C=O) groups is 1. The summed E-state index contributed by atoms with van der Waals surface area (Å²) in [6.07, 6.45) is 2.45. The molecule has 112 valence electrons. The van der Waals surface area contributed by atoms with Gasteiger partial charge in [0.05, 0.1) is 18.2 Å². The number of fused-ring (bicyclic) bond motifs is 3. The van der Waals surface area contributed by atoms with Crippen LogP contribution in [-0.2, 0) is 21.6 Å². The average molecular weight is 287 g/mol. The van der Waals surface area contributed by atoms with Crippen LogP contribution in [-0.4, -0.2) is 22.2 Å². The average Bonchev–Trinajstić information content (AvgIpc) is 2.78. The Morgan fingerprint density at radius 1 is 1.48 bits per heavy atom. The summed E-state index contributed by atoms with van der Waals surface area (Å²) in [6, 6.07) is 8.15. The van der Waals surface area contributed by atoms with Gasteiger partial charge >= 0.3 is 5.97 Å².